The van der Waals surface area contributed by atoms with Crippen molar-refractivity contribution in [3.05, 3.63) is 29.8 Å². The third-order valence-electron chi connectivity index (χ3n) is 1.67. The highest BCUT2D eigenvalue weighted by atomic mass is 16.5. The maximum Gasteiger partial charge on any atom is 0.328 e. The minimum atomic E-state index is -0.987. The minimum Gasteiger partial charge on any atom is -0.495 e. The molecular weight excluding hydrogens is 182 g/mol. The minimum absolute atomic E-state index is 0.486. The SMILES string of the molecule is COc1ccc(/C=C/C(=O)O)cc1N. The van der Waals surface area contributed by atoms with E-state index in [1.807, 2.05) is 0 Å². The van der Waals surface area contributed by atoms with E-state index < -0.39 is 5.97 Å². The van der Waals surface area contributed by atoms with E-state index in [1.54, 1.807) is 18.2 Å². The van der Waals surface area contributed by atoms with E-state index in [0.717, 1.165) is 11.6 Å². The van der Waals surface area contributed by atoms with Gasteiger partial charge in [0.15, 0.2) is 0 Å². The van der Waals surface area contributed by atoms with Crippen LogP contribution in [0.2, 0.25) is 0 Å². The number of nitrogen functional groups attached to an aromatic ring is 1. The third-order valence-corrected chi connectivity index (χ3v) is 1.67. The number of hydrogen-bond acceptors (Lipinski definition) is 3. The first-order chi connectivity index (χ1) is 6.63. The topological polar surface area (TPSA) is 72.5 Å². The molecule has 4 nitrogen and oxygen atoms in total. The van der Waals surface area contributed by atoms with Gasteiger partial charge in [0.05, 0.1) is 12.8 Å². The van der Waals surface area contributed by atoms with Gasteiger partial charge in [0.2, 0.25) is 0 Å². The maximum atomic E-state index is 10.2. The number of benzene rings is 1. The molecule has 14 heavy (non-hydrogen) atoms. The zero-order valence-electron chi connectivity index (χ0n) is 7.73. The number of carboxylic acid groups (broad SMARTS) is 1. The highest BCUT2D eigenvalue weighted by Crippen LogP contribution is 2.22. The second-order valence-corrected chi connectivity index (χ2v) is 2.67. The highest BCUT2D eigenvalue weighted by molar-refractivity contribution is 5.85. The van der Waals surface area contributed by atoms with Gasteiger partial charge in [-0.2, -0.15) is 0 Å². The molecule has 0 radical (unpaired) electrons. The normalized spacial score (nSPS) is 10.4. The molecule has 0 aliphatic carbocycles. The molecule has 0 aliphatic heterocycles. The van der Waals surface area contributed by atoms with E-state index in [2.05, 4.69) is 0 Å². The summed E-state index contributed by atoms with van der Waals surface area (Å²) < 4.78 is 4.96. The zero-order valence-corrected chi connectivity index (χ0v) is 7.73. The van der Waals surface area contributed by atoms with Crippen molar-refractivity contribution < 1.29 is 14.6 Å². The van der Waals surface area contributed by atoms with Gasteiger partial charge in [0.25, 0.3) is 0 Å². The van der Waals surface area contributed by atoms with Crippen molar-refractivity contribution in [2.75, 3.05) is 12.8 Å². The number of anilines is 1. The van der Waals surface area contributed by atoms with Crippen LogP contribution in [0.3, 0.4) is 0 Å². The van der Waals surface area contributed by atoms with Gasteiger partial charge in [-0.15, -0.1) is 0 Å². The molecule has 0 spiro atoms. The van der Waals surface area contributed by atoms with Crippen LogP contribution in [0.25, 0.3) is 6.08 Å². The molecule has 0 unspecified atom stereocenters. The van der Waals surface area contributed by atoms with Crippen molar-refractivity contribution in [3.8, 4) is 5.75 Å². The first-order valence-corrected chi connectivity index (χ1v) is 3.98. The van der Waals surface area contributed by atoms with Crippen LogP contribution in [0.15, 0.2) is 24.3 Å². The highest BCUT2D eigenvalue weighted by Gasteiger charge is 1.98. The first-order valence-electron chi connectivity index (χ1n) is 3.98. The summed E-state index contributed by atoms with van der Waals surface area (Å²) in [4.78, 5) is 10.2. The van der Waals surface area contributed by atoms with Crippen LogP contribution >= 0.6 is 0 Å². The maximum absolute atomic E-state index is 10.2. The Hall–Kier alpha value is -1.97. The zero-order chi connectivity index (χ0) is 10.6. The van der Waals surface area contributed by atoms with Crippen molar-refractivity contribution in [1.29, 1.82) is 0 Å². The number of ether oxygens (including phenoxy) is 1. The summed E-state index contributed by atoms with van der Waals surface area (Å²) >= 11 is 0. The Bertz CT molecular complexity index is 372. The van der Waals surface area contributed by atoms with E-state index in [1.165, 1.54) is 13.2 Å². The van der Waals surface area contributed by atoms with Gasteiger partial charge in [0, 0.05) is 6.08 Å². The van der Waals surface area contributed by atoms with E-state index in [9.17, 15) is 4.79 Å². The summed E-state index contributed by atoms with van der Waals surface area (Å²) in [6.07, 6.45) is 2.53. The molecule has 0 saturated carbocycles. The largest absolute Gasteiger partial charge is 0.495 e. The molecule has 0 aliphatic rings. The van der Waals surface area contributed by atoms with Crippen LogP contribution in [-0.2, 0) is 4.79 Å². The second-order valence-electron chi connectivity index (χ2n) is 2.67. The average molecular weight is 193 g/mol. The molecular formula is C10H11NO3. The van der Waals surface area contributed by atoms with Crippen LogP contribution < -0.4 is 10.5 Å². The van der Waals surface area contributed by atoms with E-state index >= 15 is 0 Å². The molecule has 0 aromatic heterocycles. The lowest BCUT2D eigenvalue weighted by Crippen LogP contribution is -1.92. The number of aliphatic carboxylic acids is 1. The lowest BCUT2D eigenvalue weighted by Gasteiger charge is -2.03. The van der Waals surface area contributed by atoms with Gasteiger partial charge >= 0.3 is 5.97 Å². The lowest BCUT2D eigenvalue weighted by molar-refractivity contribution is -0.131. The standard InChI is InChI=1S/C10H11NO3/c1-14-9-4-2-7(6-8(9)11)3-5-10(12)13/h2-6H,11H2,1H3,(H,12,13)/b5-3+. The third kappa shape index (κ3) is 2.52. The summed E-state index contributed by atoms with van der Waals surface area (Å²) in [7, 11) is 1.53. The summed E-state index contributed by atoms with van der Waals surface area (Å²) in [6, 6.07) is 5.07. The van der Waals surface area contributed by atoms with Crippen LogP contribution in [0.4, 0.5) is 5.69 Å². The number of carboxylic acids is 1. The fraction of sp³-hybridized carbons (Fsp3) is 0.100. The van der Waals surface area contributed by atoms with Crippen LogP contribution in [0.5, 0.6) is 5.75 Å². The van der Waals surface area contributed by atoms with Crippen molar-refractivity contribution >= 4 is 17.7 Å². The summed E-state index contributed by atoms with van der Waals surface area (Å²) in [5, 5.41) is 8.40. The fourth-order valence-corrected chi connectivity index (χ4v) is 1.02. The smallest absolute Gasteiger partial charge is 0.328 e. The quantitative estimate of drug-likeness (QED) is 0.561. The van der Waals surface area contributed by atoms with Crippen LogP contribution in [-0.4, -0.2) is 18.2 Å². The predicted molar refractivity (Wildman–Crippen MR) is 54.1 cm³/mol. The van der Waals surface area contributed by atoms with E-state index in [-0.39, 0.29) is 0 Å². The molecule has 0 heterocycles. The molecule has 0 bridgehead atoms. The van der Waals surface area contributed by atoms with Crippen molar-refractivity contribution in [2.24, 2.45) is 0 Å². The van der Waals surface area contributed by atoms with Crippen LogP contribution in [0.1, 0.15) is 5.56 Å². The Morgan fingerprint density at radius 1 is 1.57 bits per heavy atom. The molecule has 0 atom stereocenters. The molecule has 74 valence electrons. The van der Waals surface area contributed by atoms with Crippen LogP contribution in [0, 0.1) is 0 Å². The summed E-state index contributed by atoms with van der Waals surface area (Å²) in [5.41, 5.74) is 6.85. The lowest BCUT2D eigenvalue weighted by atomic mass is 10.2. The van der Waals surface area contributed by atoms with Crippen molar-refractivity contribution in [1.82, 2.24) is 0 Å². The molecule has 0 amide bonds. The van der Waals surface area contributed by atoms with E-state index in [0.29, 0.717) is 11.4 Å². The molecule has 0 saturated heterocycles. The molecule has 4 heteroatoms. The van der Waals surface area contributed by atoms with Crippen molar-refractivity contribution in [2.45, 2.75) is 0 Å². The number of nitrogens with two attached hydrogens (primary N) is 1. The predicted octanol–water partition coefficient (Wildman–Crippen LogP) is 1.38. The average Bonchev–Trinajstić information content (AvgIpc) is 2.15. The number of rotatable bonds is 3. The van der Waals surface area contributed by atoms with Gasteiger partial charge in [-0.05, 0) is 23.8 Å². The second kappa shape index (κ2) is 4.32. The molecule has 0 fully saturated rings. The van der Waals surface area contributed by atoms with Gasteiger partial charge < -0.3 is 15.6 Å². The first kappa shape index (κ1) is 10.1. The van der Waals surface area contributed by atoms with Gasteiger partial charge in [-0.3, -0.25) is 0 Å². The Morgan fingerprint density at radius 2 is 2.29 bits per heavy atom. The molecule has 3 N–H and O–H groups in total. The summed E-state index contributed by atoms with van der Waals surface area (Å²) in [5.74, 6) is -0.406. The molecule has 1 rings (SSSR count). The van der Waals surface area contributed by atoms with E-state index in [4.69, 9.17) is 15.6 Å². The molecule has 1 aromatic carbocycles. The Balaban J connectivity index is 2.91. The Kier molecular flexibility index (Phi) is 3.12. The van der Waals surface area contributed by atoms with Gasteiger partial charge in [0.1, 0.15) is 5.75 Å². The Morgan fingerprint density at radius 3 is 2.79 bits per heavy atom. The Labute approximate surface area is 81.6 Å². The number of methoxy groups -OCH3 is 1. The number of carbonyl (C=O) groups is 1. The monoisotopic (exact) mass is 193 g/mol. The fourth-order valence-electron chi connectivity index (χ4n) is 1.02. The number of hydrogen-bond donors (Lipinski definition) is 2. The summed E-state index contributed by atoms with van der Waals surface area (Å²) in [6.45, 7) is 0. The van der Waals surface area contributed by atoms with Gasteiger partial charge in [-0.1, -0.05) is 6.07 Å². The van der Waals surface area contributed by atoms with Crippen molar-refractivity contribution in [3.63, 3.8) is 0 Å². The van der Waals surface area contributed by atoms with Gasteiger partial charge in [-0.25, -0.2) is 4.79 Å². The molecule has 1 aromatic rings.